The summed E-state index contributed by atoms with van der Waals surface area (Å²) in [6.45, 7) is 1.79. The van der Waals surface area contributed by atoms with Gasteiger partial charge in [0.1, 0.15) is 16.5 Å². The molecule has 0 heterocycles. The molecule has 0 bridgehead atoms. The number of rotatable bonds is 3. The topological polar surface area (TPSA) is 47.6 Å². The molecule has 0 fully saturated rings. The van der Waals surface area contributed by atoms with Gasteiger partial charge in [-0.2, -0.15) is 23.7 Å². The number of nitriles is 2. The van der Waals surface area contributed by atoms with E-state index in [1.54, 1.807) is 61.5 Å². The highest BCUT2D eigenvalue weighted by Gasteiger charge is 2.42. The standard InChI is InChI=1S/C22H14F3N2S/c1-15-11-16(13-26)7-9-20(15)28(18-5-3-2-4-6-18)21-10-8-17(14-27)12-19(21)22(23,24)25/h2-12H,1H3/q+1. The zero-order chi connectivity index (χ0) is 20.3. The first-order chi connectivity index (χ1) is 13.3. The lowest BCUT2D eigenvalue weighted by molar-refractivity contribution is -0.139. The van der Waals surface area contributed by atoms with Crippen molar-refractivity contribution in [3.05, 3.63) is 89.0 Å². The van der Waals surface area contributed by atoms with E-state index in [1.165, 1.54) is 12.1 Å². The molecular formula is C22H14F3N2S+. The maximum absolute atomic E-state index is 13.8. The zero-order valence-corrected chi connectivity index (χ0v) is 15.6. The Bertz CT molecular complexity index is 1090. The van der Waals surface area contributed by atoms with Gasteiger partial charge in [0.05, 0.1) is 23.3 Å². The van der Waals surface area contributed by atoms with Gasteiger partial charge in [-0.1, -0.05) is 18.2 Å². The lowest BCUT2D eigenvalue weighted by Crippen LogP contribution is -2.15. The number of hydrogen-bond donors (Lipinski definition) is 0. The van der Waals surface area contributed by atoms with Crippen LogP contribution >= 0.6 is 0 Å². The van der Waals surface area contributed by atoms with Crippen molar-refractivity contribution < 1.29 is 13.2 Å². The van der Waals surface area contributed by atoms with Crippen LogP contribution < -0.4 is 0 Å². The summed E-state index contributed by atoms with van der Waals surface area (Å²) in [7, 11) is -1.04. The fourth-order valence-corrected chi connectivity index (χ4v) is 5.23. The molecule has 0 aliphatic rings. The second-order valence-corrected chi connectivity index (χ2v) is 8.00. The molecule has 1 atom stereocenters. The lowest BCUT2D eigenvalue weighted by Gasteiger charge is -2.15. The van der Waals surface area contributed by atoms with Gasteiger partial charge in [0.15, 0.2) is 14.7 Å². The van der Waals surface area contributed by atoms with Crippen molar-refractivity contribution in [2.24, 2.45) is 0 Å². The van der Waals surface area contributed by atoms with Crippen molar-refractivity contribution in [3.63, 3.8) is 0 Å². The lowest BCUT2D eigenvalue weighted by atomic mass is 10.1. The van der Waals surface area contributed by atoms with Gasteiger partial charge in [0, 0.05) is 5.56 Å². The minimum atomic E-state index is -4.59. The fraction of sp³-hybridized carbons (Fsp3) is 0.0909. The third-order valence-corrected chi connectivity index (χ3v) is 6.57. The first-order valence-electron chi connectivity index (χ1n) is 8.26. The van der Waals surface area contributed by atoms with Crippen molar-refractivity contribution in [2.45, 2.75) is 27.8 Å². The maximum atomic E-state index is 13.8. The van der Waals surface area contributed by atoms with E-state index in [9.17, 15) is 13.2 Å². The molecule has 0 N–H and O–H groups in total. The Labute approximate surface area is 163 Å². The van der Waals surface area contributed by atoms with Crippen LogP contribution in [0.15, 0.2) is 81.4 Å². The van der Waals surface area contributed by atoms with Gasteiger partial charge in [-0.15, -0.1) is 0 Å². The van der Waals surface area contributed by atoms with Crippen LogP contribution in [0.4, 0.5) is 13.2 Å². The van der Waals surface area contributed by atoms with Crippen molar-refractivity contribution in [3.8, 4) is 12.1 Å². The highest BCUT2D eigenvalue weighted by atomic mass is 32.2. The molecule has 0 aromatic heterocycles. The van der Waals surface area contributed by atoms with Gasteiger partial charge in [0.25, 0.3) is 0 Å². The summed E-state index contributed by atoms with van der Waals surface area (Å²) in [6, 6.07) is 21.5. The van der Waals surface area contributed by atoms with Gasteiger partial charge in [-0.3, -0.25) is 0 Å². The number of nitrogens with zero attached hydrogens (tertiary/aromatic N) is 2. The van der Waals surface area contributed by atoms with Crippen molar-refractivity contribution in [2.75, 3.05) is 0 Å². The zero-order valence-electron chi connectivity index (χ0n) is 14.8. The average Bonchev–Trinajstić information content (AvgIpc) is 2.69. The molecule has 0 amide bonds. The van der Waals surface area contributed by atoms with Gasteiger partial charge in [-0.25, -0.2) is 0 Å². The summed E-state index contributed by atoms with van der Waals surface area (Å²) < 4.78 is 41.5. The second kappa shape index (κ2) is 7.80. The first kappa shape index (κ1) is 19.5. The maximum Gasteiger partial charge on any atom is 0.421 e. The van der Waals surface area contributed by atoms with E-state index in [0.29, 0.717) is 10.5 Å². The molecule has 28 heavy (non-hydrogen) atoms. The van der Waals surface area contributed by atoms with E-state index in [-0.39, 0.29) is 10.5 Å². The van der Waals surface area contributed by atoms with Gasteiger partial charge in [-0.05, 0) is 55.5 Å². The Morgan fingerprint density at radius 1 is 0.786 bits per heavy atom. The van der Waals surface area contributed by atoms with Crippen molar-refractivity contribution in [1.29, 1.82) is 10.5 Å². The smallest absolute Gasteiger partial charge is 0.192 e. The summed E-state index contributed by atoms with van der Waals surface area (Å²) in [4.78, 5) is 1.54. The Morgan fingerprint density at radius 2 is 1.36 bits per heavy atom. The molecule has 2 nitrogen and oxygen atoms in total. The third kappa shape index (κ3) is 3.88. The Balaban J connectivity index is 2.31. The molecule has 0 saturated heterocycles. The molecule has 6 heteroatoms. The Hall–Kier alpha value is -3.22. The molecular weight excluding hydrogens is 381 g/mol. The number of alkyl halides is 3. The predicted molar refractivity (Wildman–Crippen MR) is 101 cm³/mol. The van der Waals surface area contributed by atoms with Crippen molar-refractivity contribution >= 4 is 10.9 Å². The summed E-state index contributed by atoms with van der Waals surface area (Å²) in [5.74, 6) is 0. The van der Waals surface area contributed by atoms with Crippen molar-refractivity contribution in [1.82, 2.24) is 0 Å². The summed E-state index contributed by atoms with van der Waals surface area (Å²) in [5.41, 5.74) is 0.337. The number of benzene rings is 3. The molecule has 0 saturated carbocycles. The van der Waals surface area contributed by atoms with Crippen LogP contribution in [0.25, 0.3) is 0 Å². The van der Waals surface area contributed by atoms with Gasteiger partial charge < -0.3 is 0 Å². The number of halogens is 3. The van der Waals surface area contributed by atoms with E-state index in [1.807, 2.05) is 0 Å². The van der Waals surface area contributed by atoms with E-state index >= 15 is 0 Å². The number of aryl methyl sites for hydroxylation is 1. The van der Waals surface area contributed by atoms with E-state index in [0.717, 1.165) is 16.5 Å². The Kier molecular flexibility index (Phi) is 5.44. The largest absolute Gasteiger partial charge is 0.421 e. The molecule has 3 aromatic carbocycles. The molecule has 0 aliphatic carbocycles. The molecule has 138 valence electrons. The first-order valence-corrected chi connectivity index (χ1v) is 9.49. The highest BCUT2D eigenvalue weighted by molar-refractivity contribution is 7.97. The van der Waals surface area contributed by atoms with Gasteiger partial charge >= 0.3 is 6.18 Å². The molecule has 3 aromatic rings. The van der Waals surface area contributed by atoms with Crippen LogP contribution in [0.5, 0.6) is 0 Å². The van der Waals surface area contributed by atoms with E-state index < -0.39 is 22.6 Å². The van der Waals surface area contributed by atoms with E-state index in [2.05, 4.69) is 6.07 Å². The minimum Gasteiger partial charge on any atom is -0.192 e. The molecule has 0 aliphatic heterocycles. The van der Waals surface area contributed by atoms with Crippen LogP contribution in [-0.2, 0) is 17.1 Å². The molecule has 0 spiro atoms. The monoisotopic (exact) mass is 395 g/mol. The second-order valence-electron chi connectivity index (χ2n) is 6.03. The third-order valence-electron chi connectivity index (χ3n) is 4.14. The fourth-order valence-electron chi connectivity index (χ4n) is 2.88. The number of hydrogen-bond acceptors (Lipinski definition) is 2. The SMILES string of the molecule is Cc1cc(C#N)ccc1[S+](c1ccccc1)c1ccc(C#N)cc1C(F)(F)F. The molecule has 3 rings (SSSR count). The summed E-state index contributed by atoms with van der Waals surface area (Å²) >= 11 is 0. The average molecular weight is 395 g/mol. The normalized spacial score (nSPS) is 12.1. The quantitative estimate of drug-likeness (QED) is 0.522. The minimum absolute atomic E-state index is 0.0377. The van der Waals surface area contributed by atoms with Gasteiger partial charge in [0.2, 0.25) is 0 Å². The Morgan fingerprint density at radius 3 is 1.89 bits per heavy atom. The van der Waals surface area contributed by atoms with Crippen LogP contribution in [-0.4, -0.2) is 0 Å². The van der Waals surface area contributed by atoms with E-state index in [4.69, 9.17) is 10.5 Å². The highest BCUT2D eigenvalue weighted by Crippen LogP contribution is 2.41. The predicted octanol–water partition coefficient (Wildman–Crippen LogP) is 5.85. The summed E-state index contributed by atoms with van der Waals surface area (Å²) in [6.07, 6.45) is -4.59. The molecule has 0 radical (unpaired) electrons. The van der Waals surface area contributed by atoms with Crippen LogP contribution in [0.1, 0.15) is 22.3 Å². The molecule has 1 unspecified atom stereocenters. The van der Waals surface area contributed by atoms with Crippen LogP contribution in [0.2, 0.25) is 0 Å². The van der Waals surface area contributed by atoms with Crippen LogP contribution in [0.3, 0.4) is 0 Å². The summed E-state index contributed by atoms with van der Waals surface area (Å²) in [5, 5.41) is 18.2. The van der Waals surface area contributed by atoms with Crippen LogP contribution in [0, 0.1) is 29.6 Å².